The summed E-state index contributed by atoms with van der Waals surface area (Å²) in [4.78, 5) is 0. The third kappa shape index (κ3) is 3.26. The molecule has 0 fully saturated rings. The van der Waals surface area contributed by atoms with Gasteiger partial charge in [0.1, 0.15) is 17.6 Å². The molecule has 2 atom stereocenters. The number of ether oxygens (including phenoxy) is 4. The third-order valence-electron chi connectivity index (χ3n) is 2.93. The molecule has 0 radical (unpaired) electrons. The van der Waals surface area contributed by atoms with Crippen LogP contribution >= 0.6 is 0 Å². The van der Waals surface area contributed by atoms with E-state index in [9.17, 15) is 0 Å². The molecule has 0 saturated carbocycles. The Kier molecular flexibility index (Phi) is 4.79. The number of nitrogens with two attached hydrogens (primary N) is 1. The van der Waals surface area contributed by atoms with Gasteiger partial charge in [-0.25, -0.2) is 0 Å². The molecule has 1 aliphatic rings. The van der Waals surface area contributed by atoms with E-state index >= 15 is 0 Å². The van der Waals surface area contributed by atoms with E-state index in [1.165, 1.54) is 0 Å². The van der Waals surface area contributed by atoms with Gasteiger partial charge in [0, 0.05) is 18.7 Å². The van der Waals surface area contributed by atoms with E-state index in [2.05, 4.69) is 6.58 Å². The van der Waals surface area contributed by atoms with Crippen LogP contribution < -0.4 is 15.2 Å². The molecular formula is C14H19NO4. The maximum absolute atomic E-state index is 6.03. The molecule has 1 aliphatic heterocycles. The maximum Gasteiger partial charge on any atom is 0.189 e. The molecule has 0 amide bonds. The van der Waals surface area contributed by atoms with Crippen LogP contribution in [0.1, 0.15) is 11.6 Å². The Labute approximate surface area is 112 Å². The smallest absolute Gasteiger partial charge is 0.189 e. The minimum absolute atomic E-state index is 0.167. The molecule has 1 aromatic rings. The van der Waals surface area contributed by atoms with Crippen LogP contribution in [0.3, 0.4) is 0 Å². The summed E-state index contributed by atoms with van der Waals surface area (Å²) in [7, 11) is 1.63. The monoisotopic (exact) mass is 265 g/mol. The van der Waals surface area contributed by atoms with Crippen molar-refractivity contribution in [3.63, 3.8) is 0 Å². The lowest BCUT2D eigenvalue weighted by Gasteiger charge is -2.08. The van der Waals surface area contributed by atoms with Gasteiger partial charge in [-0.2, -0.15) is 0 Å². The van der Waals surface area contributed by atoms with Crippen molar-refractivity contribution in [2.24, 2.45) is 5.73 Å². The Hall–Kier alpha value is -1.56. The summed E-state index contributed by atoms with van der Waals surface area (Å²) in [6, 6.07) is 5.42. The topological polar surface area (TPSA) is 62.9 Å². The molecule has 2 N–H and O–H groups in total. The fourth-order valence-electron chi connectivity index (χ4n) is 1.88. The predicted molar refractivity (Wildman–Crippen MR) is 71.3 cm³/mol. The Morgan fingerprint density at radius 3 is 3.00 bits per heavy atom. The largest absolute Gasteiger partial charge is 0.484 e. The highest BCUT2D eigenvalue weighted by atomic mass is 16.7. The quantitative estimate of drug-likeness (QED) is 0.461. The van der Waals surface area contributed by atoms with Crippen LogP contribution in [0, 0.1) is 0 Å². The maximum atomic E-state index is 6.03. The zero-order chi connectivity index (χ0) is 13.7. The molecule has 0 unspecified atom stereocenters. The zero-order valence-corrected chi connectivity index (χ0v) is 11.0. The minimum atomic E-state index is -0.178. The number of fused-ring (bicyclic) bond motifs is 1. The summed E-state index contributed by atoms with van der Waals surface area (Å²) in [6.45, 7) is 4.94. The fraction of sp³-hybridized carbons (Fsp3) is 0.429. The summed E-state index contributed by atoms with van der Waals surface area (Å²) in [5.74, 6) is 1.43. The van der Waals surface area contributed by atoms with Crippen molar-refractivity contribution in [3.8, 4) is 11.5 Å². The van der Waals surface area contributed by atoms with Gasteiger partial charge < -0.3 is 24.7 Å². The molecule has 5 heteroatoms. The normalized spacial score (nSPS) is 20.7. The van der Waals surface area contributed by atoms with Crippen molar-refractivity contribution in [1.82, 2.24) is 0 Å². The SMILES string of the molecule is C=C[C@H]1Oc2cc(OCOCCOC)ccc2[C@@H]1N. The van der Waals surface area contributed by atoms with E-state index in [1.54, 1.807) is 13.2 Å². The lowest BCUT2D eigenvalue weighted by Crippen LogP contribution is -2.22. The van der Waals surface area contributed by atoms with E-state index in [0.29, 0.717) is 19.0 Å². The highest BCUT2D eigenvalue weighted by Gasteiger charge is 2.29. The Morgan fingerprint density at radius 1 is 1.42 bits per heavy atom. The van der Waals surface area contributed by atoms with Crippen molar-refractivity contribution in [3.05, 3.63) is 36.4 Å². The lowest BCUT2D eigenvalue weighted by atomic mass is 10.0. The van der Waals surface area contributed by atoms with Crippen LogP contribution in [0.5, 0.6) is 11.5 Å². The van der Waals surface area contributed by atoms with Crippen molar-refractivity contribution in [2.45, 2.75) is 12.1 Å². The van der Waals surface area contributed by atoms with E-state index in [4.69, 9.17) is 24.7 Å². The fourth-order valence-corrected chi connectivity index (χ4v) is 1.88. The van der Waals surface area contributed by atoms with Crippen LogP contribution in [-0.2, 0) is 9.47 Å². The molecule has 5 nitrogen and oxygen atoms in total. The highest BCUT2D eigenvalue weighted by molar-refractivity contribution is 5.46. The first kappa shape index (κ1) is 13.9. The van der Waals surface area contributed by atoms with Gasteiger partial charge >= 0.3 is 0 Å². The predicted octanol–water partition coefficient (Wildman–Crippen LogP) is 1.63. The lowest BCUT2D eigenvalue weighted by molar-refractivity contribution is -0.00854. The molecule has 1 heterocycles. The van der Waals surface area contributed by atoms with Gasteiger partial charge in [-0.15, -0.1) is 0 Å². The Balaban J connectivity index is 1.90. The zero-order valence-electron chi connectivity index (χ0n) is 11.0. The van der Waals surface area contributed by atoms with Gasteiger partial charge in [0.15, 0.2) is 6.79 Å². The molecule has 2 rings (SSSR count). The van der Waals surface area contributed by atoms with E-state index < -0.39 is 0 Å². The summed E-state index contributed by atoms with van der Waals surface area (Å²) in [6.07, 6.45) is 1.53. The second-order valence-electron chi connectivity index (χ2n) is 4.21. The molecule has 19 heavy (non-hydrogen) atoms. The van der Waals surface area contributed by atoms with Crippen LogP contribution in [0.2, 0.25) is 0 Å². The van der Waals surface area contributed by atoms with Crippen molar-refractivity contribution < 1.29 is 18.9 Å². The summed E-state index contributed by atoms with van der Waals surface area (Å²) in [5, 5.41) is 0. The molecule has 1 aromatic carbocycles. The summed E-state index contributed by atoms with van der Waals surface area (Å²) in [5.41, 5.74) is 7.00. The molecule has 0 aromatic heterocycles. The molecule has 0 aliphatic carbocycles. The van der Waals surface area contributed by atoms with E-state index in [0.717, 1.165) is 11.3 Å². The van der Waals surface area contributed by atoms with Crippen LogP contribution in [0.4, 0.5) is 0 Å². The van der Waals surface area contributed by atoms with Crippen molar-refractivity contribution in [1.29, 1.82) is 0 Å². The van der Waals surface area contributed by atoms with Crippen LogP contribution in [-0.4, -0.2) is 33.2 Å². The number of methoxy groups -OCH3 is 1. The van der Waals surface area contributed by atoms with E-state index in [1.807, 2.05) is 18.2 Å². The second-order valence-corrected chi connectivity index (χ2v) is 4.21. The first-order valence-electron chi connectivity index (χ1n) is 6.14. The van der Waals surface area contributed by atoms with Gasteiger partial charge in [-0.3, -0.25) is 0 Å². The summed E-state index contributed by atoms with van der Waals surface area (Å²) >= 11 is 0. The molecular weight excluding hydrogens is 246 g/mol. The number of hydrogen-bond acceptors (Lipinski definition) is 5. The first-order chi connectivity index (χ1) is 9.26. The average molecular weight is 265 g/mol. The van der Waals surface area contributed by atoms with Crippen LogP contribution in [0.15, 0.2) is 30.9 Å². The Morgan fingerprint density at radius 2 is 2.26 bits per heavy atom. The van der Waals surface area contributed by atoms with Gasteiger partial charge in [-0.1, -0.05) is 6.58 Å². The number of hydrogen-bond donors (Lipinski definition) is 1. The molecule has 0 spiro atoms. The average Bonchev–Trinajstić information content (AvgIpc) is 2.75. The number of rotatable bonds is 7. The molecule has 0 saturated heterocycles. The molecule has 104 valence electrons. The third-order valence-corrected chi connectivity index (χ3v) is 2.93. The summed E-state index contributed by atoms with van der Waals surface area (Å²) < 4.78 is 21.2. The van der Waals surface area contributed by atoms with E-state index in [-0.39, 0.29) is 18.9 Å². The standard InChI is InChI=1S/C14H19NO4/c1-3-12-14(15)11-5-4-10(8-13(11)19-12)18-9-17-7-6-16-2/h3-5,8,12,14H,1,6-7,9,15H2,2H3/t12-,14+/m1/s1. The number of benzene rings is 1. The minimum Gasteiger partial charge on any atom is -0.484 e. The van der Waals surface area contributed by atoms with Crippen molar-refractivity contribution in [2.75, 3.05) is 27.1 Å². The first-order valence-corrected chi connectivity index (χ1v) is 6.14. The highest BCUT2D eigenvalue weighted by Crippen LogP contribution is 2.37. The Bertz CT molecular complexity index is 435. The van der Waals surface area contributed by atoms with Crippen LogP contribution in [0.25, 0.3) is 0 Å². The van der Waals surface area contributed by atoms with Gasteiger partial charge in [0.05, 0.1) is 19.3 Å². The van der Waals surface area contributed by atoms with Gasteiger partial charge in [-0.05, 0) is 18.2 Å². The van der Waals surface area contributed by atoms with Crippen molar-refractivity contribution >= 4 is 0 Å². The molecule has 0 bridgehead atoms. The second kappa shape index (κ2) is 6.56. The van der Waals surface area contributed by atoms with Gasteiger partial charge in [0.25, 0.3) is 0 Å². The van der Waals surface area contributed by atoms with Gasteiger partial charge in [0.2, 0.25) is 0 Å².